The number of halogens is 1. The number of hydrogen-bond acceptors (Lipinski definition) is 2. The molecule has 3 heteroatoms. The lowest BCUT2D eigenvalue weighted by atomic mass is 9.86. The zero-order chi connectivity index (χ0) is 15.2. The Balaban J connectivity index is 1.99. The lowest BCUT2D eigenvalue weighted by Crippen LogP contribution is -2.34. The maximum absolute atomic E-state index is 14.1. The number of rotatable bonds is 3. The molecule has 1 aromatic rings. The van der Waals surface area contributed by atoms with Gasteiger partial charge in [-0.15, -0.1) is 0 Å². The summed E-state index contributed by atoms with van der Waals surface area (Å²) < 4.78 is 14.1. The lowest BCUT2D eigenvalue weighted by Gasteiger charge is -2.33. The fraction of sp³-hybridized carbons (Fsp3) is 0.556. The second-order valence-electron chi connectivity index (χ2n) is 6.09. The second-order valence-corrected chi connectivity index (χ2v) is 6.09. The van der Waals surface area contributed by atoms with Crippen molar-refractivity contribution in [2.75, 3.05) is 13.7 Å². The van der Waals surface area contributed by atoms with Crippen LogP contribution in [0, 0.1) is 23.6 Å². The Kier molecular flexibility index (Phi) is 5.78. The van der Waals surface area contributed by atoms with E-state index >= 15 is 0 Å². The molecular weight excluding hydrogens is 265 g/mol. The van der Waals surface area contributed by atoms with Gasteiger partial charge in [0.1, 0.15) is 12.4 Å². The highest BCUT2D eigenvalue weighted by Gasteiger charge is 2.22. The fourth-order valence-electron chi connectivity index (χ4n) is 2.98. The topological polar surface area (TPSA) is 23.5 Å². The Morgan fingerprint density at radius 1 is 1.29 bits per heavy atom. The molecule has 0 atom stereocenters. The van der Waals surface area contributed by atoms with Gasteiger partial charge in [0.15, 0.2) is 0 Å². The van der Waals surface area contributed by atoms with Crippen LogP contribution in [-0.2, 0) is 6.54 Å². The fourth-order valence-corrected chi connectivity index (χ4v) is 2.98. The molecule has 2 rings (SSSR count). The first-order chi connectivity index (χ1) is 10.1. The van der Waals surface area contributed by atoms with Crippen molar-refractivity contribution in [3.8, 4) is 11.8 Å². The molecule has 0 aromatic heterocycles. The van der Waals surface area contributed by atoms with Crippen LogP contribution in [0.5, 0.6) is 0 Å². The van der Waals surface area contributed by atoms with E-state index in [1.54, 1.807) is 6.07 Å². The average Bonchev–Trinajstić information content (AvgIpc) is 2.48. The smallest absolute Gasteiger partial charge is 0.128 e. The van der Waals surface area contributed by atoms with E-state index in [9.17, 15) is 4.39 Å². The molecule has 1 saturated carbocycles. The first kappa shape index (κ1) is 16.0. The van der Waals surface area contributed by atoms with Gasteiger partial charge < -0.3 is 5.11 Å². The van der Waals surface area contributed by atoms with E-state index < -0.39 is 0 Å². The van der Waals surface area contributed by atoms with Gasteiger partial charge in [0.25, 0.3) is 0 Å². The summed E-state index contributed by atoms with van der Waals surface area (Å²) in [4.78, 5) is 2.27. The van der Waals surface area contributed by atoms with Gasteiger partial charge in [-0.25, -0.2) is 4.39 Å². The Hall–Kier alpha value is -1.37. The summed E-state index contributed by atoms with van der Waals surface area (Å²) in [5, 5.41) is 8.66. The van der Waals surface area contributed by atoms with Crippen molar-refractivity contribution in [2.45, 2.75) is 45.2 Å². The van der Waals surface area contributed by atoms with E-state index in [0.717, 1.165) is 5.92 Å². The Labute approximate surface area is 127 Å². The van der Waals surface area contributed by atoms with E-state index in [4.69, 9.17) is 5.11 Å². The zero-order valence-electron chi connectivity index (χ0n) is 12.9. The predicted molar refractivity (Wildman–Crippen MR) is 83.3 cm³/mol. The van der Waals surface area contributed by atoms with Gasteiger partial charge in [-0.05, 0) is 50.8 Å². The molecule has 2 nitrogen and oxygen atoms in total. The highest BCUT2D eigenvalue weighted by molar-refractivity contribution is 5.37. The molecular formula is C18H24FNO. The minimum atomic E-state index is -0.212. The summed E-state index contributed by atoms with van der Waals surface area (Å²) in [6, 6.07) is 5.64. The van der Waals surface area contributed by atoms with Crippen molar-refractivity contribution < 1.29 is 9.50 Å². The van der Waals surface area contributed by atoms with Crippen molar-refractivity contribution in [2.24, 2.45) is 5.92 Å². The van der Waals surface area contributed by atoms with Crippen LogP contribution in [0.4, 0.5) is 4.39 Å². The molecule has 114 valence electrons. The Morgan fingerprint density at radius 3 is 2.62 bits per heavy atom. The number of aliphatic hydroxyl groups excluding tert-OH is 1. The van der Waals surface area contributed by atoms with Gasteiger partial charge >= 0.3 is 0 Å². The van der Waals surface area contributed by atoms with Gasteiger partial charge in [-0.1, -0.05) is 24.8 Å². The van der Waals surface area contributed by atoms with Gasteiger partial charge in [0.2, 0.25) is 0 Å². The van der Waals surface area contributed by atoms with Crippen LogP contribution < -0.4 is 0 Å². The largest absolute Gasteiger partial charge is 0.384 e. The normalized spacial score (nSPS) is 22.0. The maximum atomic E-state index is 14.1. The van der Waals surface area contributed by atoms with Crippen LogP contribution in [0.3, 0.4) is 0 Å². The monoisotopic (exact) mass is 289 g/mol. The Morgan fingerprint density at radius 2 is 2.00 bits per heavy atom. The van der Waals surface area contributed by atoms with E-state index in [2.05, 4.69) is 30.7 Å². The molecule has 1 aliphatic carbocycles. The molecule has 21 heavy (non-hydrogen) atoms. The molecule has 1 fully saturated rings. The standard InChI is InChI=1S/C18H24FNO/c1-14-5-9-17(10-6-14)20(2)13-16-8-7-15(4-3-11-21)12-18(16)19/h7-8,12,14,17,21H,5-6,9-11,13H2,1-2H3. The minimum absolute atomic E-state index is 0.202. The molecule has 0 amide bonds. The average molecular weight is 289 g/mol. The van der Waals surface area contributed by atoms with Crippen LogP contribution in [0.25, 0.3) is 0 Å². The van der Waals surface area contributed by atoms with E-state index in [1.807, 2.05) is 6.07 Å². The number of aliphatic hydroxyl groups is 1. The van der Waals surface area contributed by atoms with Crippen LogP contribution in [0.1, 0.15) is 43.7 Å². The van der Waals surface area contributed by atoms with Crippen LogP contribution in [0.15, 0.2) is 18.2 Å². The number of nitrogens with zero attached hydrogens (tertiary/aromatic N) is 1. The van der Waals surface area contributed by atoms with Gasteiger partial charge in [0.05, 0.1) is 0 Å². The van der Waals surface area contributed by atoms with Crippen molar-refractivity contribution >= 4 is 0 Å². The molecule has 0 bridgehead atoms. The molecule has 0 spiro atoms. The SMILES string of the molecule is CC1CCC(N(C)Cc2ccc(C#CCO)cc2F)CC1. The summed E-state index contributed by atoms with van der Waals surface area (Å²) in [6.45, 7) is 2.74. The second kappa shape index (κ2) is 7.59. The summed E-state index contributed by atoms with van der Waals surface area (Å²) in [5.74, 6) is 5.88. The molecule has 0 saturated heterocycles. The molecule has 1 aliphatic rings. The number of benzene rings is 1. The lowest BCUT2D eigenvalue weighted by molar-refractivity contribution is 0.162. The van der Waals surface area contributed by atoms with Crippen molar-refractivity contribution in [3.63, 3.8) is 0 Å². The third-order valence-electron chi connectivity index (χ3n) is 4.39. The first-order valence-corrected chi connectivity index (χ1v) is 7.68. The molecule has 0 unspecified atom stereocenters. The highest BCUT2D eigenvalue weighted by atomic mass is 19.1. The van der Waals surface area contributed by atoms with Crippen LogP contribution in [-0.4, -0.2) is 29.7 Å². The van der Waals surface area contributed by atoms with E-state index in [-0.39, 0.29) is 12.4 Å². The van der Waals surface area contributed by atoms with Crippen LogP contribution >= 0.6 is 0 Å². The predicted octanol–water partition coefficient (Wildman–Crippen LogP) is 3.18. The summed E-state index contributed by atoms with van der Waals surface area (Å²) >= 11 is 0. The maximum Gasteiger partial charge on any atom is 0.128 e. The quantitative estimate of drug-likeness (QED) is 0.864. The van der Waals surface area contributed by atoms with Crippen molar-refractivity contribution in [3.05, 3.63) is 35.1 Å². The van der Waals surface area contributed by atoms with Gasteiger partial charge in [-0.2, -0.15) is 0 Å². The molecule has 0 aliphatic heterocycles. The third-order valence-corrected chi connectivity index (χ3v) is 4.39. The van der Waals surface area contributed by atoms with E-state index in [0.29, 0.717) is 23.7 Å². The van der Waals surface area contributed by atoms with Gasteiger partial charge in [0, 0.05) is 23.7 Å². The highest BCUT2D eigenvalue weighted by Crippen LogP contribution is 2.27. The first-order valence-electron chi connectivity index (χ1n) is 7.68. The third kappa shape index (κ3) is 4.56. The molecule has 0 radical (unpaired) electrons. The summed E-state index contributed by atoms with van der Waals surface area (Å²) in [6.07, 6.45) is 4.96. The number of hydrogen-bond donors (Lipinski definition) is 1. The van der Waals surface area contributed by atoms with Crippen LogP contribution in [0.2, 0.25) is 0 Å². The van der Waals surface area contributed by atoms with Crippen molar-refractivity contribution in [1.82, 2.24) is 4.90 Å². The molecule has 1 N–H and O–H groups in total. The molecule has 1 aromatic carbocycles. The van der Waals surface area contributed by atoms with Crippen molar-refractivity contribution in [1.29, 1.82) is 0 Å². The summed E-state index contributed by atoms with van der Waals surface area (Å²) in [5.41, 5.74) is 1.32. The summed E-state index contributed by atoms with van der Waals surface area (Å²) in [7, 11) is 2.08. The van der Waals surface area contributed by atoms with Gasteiger partial charge in [-0.3, -0.25) is 4.90 Å². The Bertz CT molecular complexity index is 524. The molecule has 0 heterocycles. The van der Waals surface area contributed by atoms with E-state index in [1.165, 1.54) is 31.7 Å². The minimum Gasteiger partial charge on any atom is -0.384 e. The zero-order valence-corrected chi connectivity index (χ0v) is 12.9.